The molecule has 0 saturated carbocycles. The number of benzene rings is 2. The van der Waals surface area contributed by atoms with Crippen molar-refractivity contribution in [3.05, 3.63) is 64.4 Å². The van der Waals surface area contributed by atoms with Crippen molar-refractivity contribution in [2.24, 2.45) is 5.10 Å². The summed E-state index contributed by atoms with van der Waals surface area (Å²) >= 11 is 1.55. The normalized spacial score (nSPS) is 11.0. The third kappa shape index (κ3) is 2.99. The van der Waals surface area contributed by atoms with Crippen LogP contribution in [0.5, 0.6) is 5.75 Å². The van der Waals surface area contributed by atoms with E-state index in [4.69, 9.17) is 4.74 Å². The van der Waals surface area contributed by atoms with Crippen molar-refractivity contribution in [3.63, 3.8) is 0 Å². The molecule has 0 saturated heterocycles. The maximum absolute atomic E-state index is 12.3. The van der Waals surface area contributed by atoms with Crippen LogP contribution in [0, 0.1) is 0 Å². The first-order valence-corrected chi connectivity index (χ1v) is 7.59. The molecular weight excluding hydrogens is 296 g/mol. The third-order valence-electron chi connectivity index (χ3n) is 3.21. The second kappa shape index (κ2) is 6.41. The number of nitrogens with one attached hydrogen (secondary N) is 1. The Balaban J connectivity index is 1.86. The van der Waals surface area contributed by atoms with E-state index in [9.17, 15) is 4.79 Å². The first-order valence-electron chi connectivity index (χ1n) is 6.71. The van der Waals surface area contributed by atoms with E-state index in [2.05, 4.69) is 10.5 Å². The van der Waals surface area contributed by atoms with Crippen LogP contribution < -0.4 is 10.2 Å². The maximum atomic E-state index is 12.3. The van der Waals surface area contributed by atoms with Crippen LogP contribution in [0.2, 0.25) is 0 Å². The molecule has 0 bridgehead atoms. The monoisotopic (exact) mass is 310 g/mol. The van der Waals surface area contributed by atoms with E-state index in [0.717, 1.165) is 15.6 Å². The van der Waals surface area contributed by atoms with E-state index in [1.165, 1.54) is 0 Å². The zero-order valence-corrected chi connectivity index (χ0v) is 12.8. The minimum atomic E-state index is -0.296. The molecule has 0 unspecified atom stereocenters. The lowest BCUT2D eigenvalue weighted by Crippen LogP contribution is -2.18. The number of fused-ring (bicyclic) bond motifs is 1. The van der Waals surface area contributed by atoms with Crippen LogP contribution in [0.25, 0.3) is 10.8 Å². The molecule has 0 radical (unpaired) electrons. The molecule has 2 aromatic carbocycles. The summed E-state index contributed by atoms with van der Waals surface area (Å²) in [5.41, 5.74) is 3.00. The molecule has 0 spiro atoms. The standard InChI is InChI=1S/C17H14N2O2S/c1-21-16-10-13-6-3-2-5-12(13)9-15(16)17(20)19-18-11-14-7-4-8-22-14/h2-11H,1H3,(H,19,20)/b18-11-. The summed E-state index contributed by atoms with van der Waals surface area (Å²) in [5.74, 6) is 0.234. The fourth-order valence-electron chi connectivity index (χ4n) is 2.15. The van der Waals surface area contributed by atoms with Crippen LogP contribution in [0.1, 0.15) is 15.2 Å². The number of carbonyl (C=O) groups is 1. The predicted molar refractivity (Wildman–Crippen MR) is 89.9 cm³/mol. The molecule has 0 atom stereocenters. The quantitative estimate of drug-likeness (QED) is 0.590. The summed E-state index contributed by atoms with van der Waals surface area (Å²) in [6, 6.07) is 15.3. The summed E-state index contributed by atoms with van der Waals surface area (Å²) in [7, 11) is 1.55. The van der Waals surface area contributed by atoms with Gasteiger partial charge in [0.05, 0.1) is 18.9 Å². The number of rotatable bonds is 4. The van der Waals surface area contributed by atoms with Crippen molar-refractivity contribution >= 4 is 34.2 Å². The fraction of sp³-hybridized carbons (Fsp3) is 0.0588. The van der Waals surface area contributed by atoms with Gasteiger partial charge >= 0.3 is 0 Å². The van der Waals surface area contributed by atoms with Gasteiger partial charge in [0.1, 0.15) is 5.75 Å². The van der Waals surface area contributed by atoms with Gasteiger partial charge in [-0.05, 0) is 34.4 Å². The van der Waals surface area contributed by atoms with Crippen LogP contribution in [-0.2, 0) is 0 Å². The number of ether oxygens (including phenoxy) is 1. The summed E-state index contributed by atoms with van der Waals surface area (Å²) in [4.78, 5) is 13.3. The van der Waals surface area contributed by atoms with Gasteiger partial charge in [-0.2, -0.15) is 5.10 Å². The SMILES string of the molecule is COc1cc2ccccc2cc1C(=O)N/N=C\c1cccs1. The van der Waals surface area contributed by atoms with Gasteiger partial charge in [0.15, 0.2) is 0 Å². The molecule has 3 rings (SSSR count). The number of hydrazone groups is 1. The number of amides is 1. The Kier molecular flexibility index (Phi) is 4.16. The molecule has 22 heavy (non-hydrogen) atoms. The van der Waals surface area contributed by atoms with Crippen molar-refractivity contribution in [1.29, 1.82) is 0 Å². The van der Waals surface area contributed by atoms with E-state index in [-0.39, 0.29) is 5.91 Å². The number of hydrogen-bond acceptors (Lipinski definition) is 4. The molecule has 0 fully saturated rings. The van der Waals surface area contributed by atoms with E-state index < -0.39 is 0 Å². The molecule has 0 aliphatic carbocycles. The summed E-state index contributed by atoms with van der Waals surface area (Å²) in [5, 5.41) is 7.94. The average Bonchev–Trinajstić information content (AvgIpc) is 3.06. The van der Waals surface area contributed by atoms with Crippen molar-refractivity contribution in [1.82, 2.24) is 5.43 Å². The minimum Gasteiger partial charge on any atom is -0.496 e. The Bertz CT molecular complexity index is 826. The molecule has 4 nitrogen and oxygen atoms in total. The zero-order valence-electron chi connectivity index (χ0n) is 11.9. The zero-order chi connectivity index (χ0) is 15.4. The maximum Gasteiger partial charge on any atom is 0.275 e. The molecule has 3 aromatic rings. The highest BCUT2D eigenvalue weighted by molar-refractivity contribution is 7.11. The van der Waals surface area contributed by atoms with Crippen molar-refractivity contribution in [2.45, 2.75) is 0 Å². The third-order valence-corrected chi connectivity index (χ3v) is 4.02. The van der Waals surface area contributed by atoms with Crippen LogP contribution in [0.4, 0.5) is 0 Å². The molecule has 1 heterocycles. The molecular formula is C17H14N2O2S. The topological polar surface area (TPSA) is 50.7 Å². The molecule has 0 aliphatic rings. The second-order valence-electron chi connectivity index (χ2n) is 4.61. The van der Waals surface area contributed by atoms with Crippen molar-refractivity contribution < 1.29 is 9.53 Å². The van der Waals surface area contributed by atoms with Gasteiger partial charge in [-0.15, -0.1) is 11.3 Å². The van der Waals surface area contributed by atoms with Crippen LogP contribution in [0.3, 0.4) is 0 Å². The molecule has 0 aliphatic heterocycles. The summed E-state index contributed by atoms with van der Waals surface area (Å²) < 4.78 is 5.32. The number of nitrogens with zero attached hydrogens (tertiary/aromatic N) is 1. The Hall–Kier alpha value is -2.66. The van der Waals surface area contributed by atoms with Crippen LogP contribution >= 0.6 is 11.3 Å². The van der Waals surface area contributed by atoms with Gasteiger partial charge in [-0.1, -0.05) is 30.3 Å². The van der Waals surface area contributed by atoms with Crippen LogP contribution in [-0.4, -0.2) is 19.2 Å². The Morgan fingerprint density at radius 1 is 1.18 bits per heavy atom. The highest BCUT2D eigenvalue weighted by Crippen LogP contribution is 2.25. The number of methoxy groups -OCH3 is 1. The molecule has 1 amide bonds. The molecule has 1 aromatic heterocycles. The highest BCUT2D eigenvalue weighted by Gasteiger charge is 2.13. The molecule has 1 N–H and O–H groups in total. The Labute approximate surface area is 132 Å². The average molecular weight is 310 g/mol. The molecule has 110 valence electrons. The number of thiophene rings is 1. The van der Waals surface area contributed by atoms with E-state index >= 15 is 0 Å². The lowest BCUT2D eigenvalue weighted by atomic mass is 10.1. The highest BCUT2D eigenvalue weighted by atomic mass is 32.1. The predicted octanol–water partition coefficient (Wildman–Crippen LogP) is 3.67. The lowest BCUT2D eigenvalue weighted by Gasteiger charge is -2.09. The van der Waals surface area contributed by atoms with Gasteiger partial charge in [0, 0.05) is 4.88 Å². The Morgan fingerprint density at radius 2 is 1.95 bits per heavy atom. The van der Waals surface area contributed by atoms with Gasteiger partial charge in [0.25, 0.3) is 5.91 Å². The fourth-order valence-corrected chi connectivity index (χ4v) is 2.73. The van der Waals surface area contributed by atoms with E-state index in [1.807, 2.05) is 53.9 Å². The number of hydrogen-bond donors (Lipinski definition) is 1. The van der Waals surface area contributed by atoms with Gasteiger partial charge in [0.2, 0.25) is 0 Å². The largest absolute Gasteiger partial charge is 0.496 e. The van der Waals surface area contributed by atoms with Gasteiger partial charge in [-0.25, -0.2) is 5.43 Å². The lowest BCUT2D eigenvalue weighted by molar-refractivity contribution is 0.0952. The summed E-state index contributed by atoms with van der Waals surface area (Å²) in [6.45, 7) is 0. The summed E-state index contributed by atoms with van der Waals surface area (Å²) in [6.07, 6.45) is 1.62. The van der Waals surface area contributed by atoms with Crippen molar-refractivity contribution in [2.75, 3.05) is 7.11 Å². The first kappa shape index (κ1) is 14.3. The van der Waals surface area contributed by atoms with E-state index in [0.29, 0.717) is 11.3 Å². The smallest absolute Gasteiger partial charge is 0.275 e. The Morgan fingerprint density at radius 3 is 2.64 bits per heavy atom. The van der Waals surface area contributed by atoms with Crippen molar-refractivity contribution in [3.8, 4) is 5.75 Å². The van der Waals surface area contributed by atoms with Gasteiger partial charge in [-0.3, -0.25) is 4.79 Å². The minimum absolute atomic E-state index is 0.296. The molecule has 5 heteroatoms. The second-order valence-corrected chi connectivity index (χ2v) is 5.59. The number of carbonyl (C=O) groups excluding carboxylic acids is 1. The van der Waals surface area contributed by atoms with E-state index in [1.54, 1.807) is 24.7 Å². The van der Waals surface area contributed by atoms with Crippen LogP contribution in [0.15, 0.2) is 59.0 Å². The first-order chi connectivity index (χ1) is 10.8. The van der Waals surface area contributed by atoms with Gasteiger partial charge < -0.3 is 4.74 Å².